The van der Waals surface area contributed by atoms with Crippen LogP contribution in [0.5, 0.6) is 0 Å². The third-order valence-electron chi connectivity index (χ3n) is 8.15. The summed E-state index contributed by atoms with van der Waals surface area (Å²) in [6, 6.07) is 16.2. The molecule has 0 spiro atoms. The van der Waals surface area contributed by atoms with Crippen LogP contribution in [0.25, 0.3) is 5.57 Å². The Balaban J connectivity index is 1.48. The van der Waals surface area contributed by atoms with Crippen LogP contribution < -0.4 is 4.90 Å². The molecule has 2 aliphatic heterocycles. The lowest BCUT2D eigenvalue weighted by molar-refractivity contribution is 0.0784. The van der Waals surface area contributed by atoms with Crippen LogP contribution in [-0.2, 0) is 5.60 Å². The van der Waals surface area contributed by atoms with E-state index in [9.17, 15) is 15.5 Å². The molecule has 2 aromatic rings. The second kappa shape index (κ2) is 12.6. The highest BCUT2D eigenvalue weighted by molar-refractivity contribution is 6.30. The van der Waals surface area contributed by atoms with Crippen molar-refractivity contribution < 1.29 is 10.2 Å². The molecule has 2 aliphatic rings. The van der Waals surface area contributed by atoms with Gasteiger partial charge in [0.15, 0.2) is 0 Å². The van der Waals surface area contributed by atoms with Gasteiger partial charge in [-0.1, -0.05) is 35.9 Å². The van der Waals surface area contributed by atoms with Gasteiger partial charge in [-0.05, 0) is 87.7 Å². The van der Waals surface area contributed by atoms with E-state index in [0.29, 0.717) is 10.6 Å². The SMILES string of the molecule is CN1CCCC(/C(=C\CCN2CCN(c3ccc(Cl)cc3C#N)CC2)c2cccc(C(C)(C)O)c2)C1CO. The Kier molecular flexibility index (Phi) is 9.51. The van der Waals surface area contributed by atoms with E-state index in [4.69, 9.17) is 11.6 Å². The molecule has 4 rings (SSSR count). The molecule has 38 heavy (non-hydrogen) atoms. The van der Waals surface area contributed by atoms with Gasteiger partial charge in [0, 0.05) is 49.7 Å². The number of anilines is 1. The predicted octanol–water partition coefficient (Wildman–Crippen LogP) is 4.74. The zero-order valence-electron chi connectivity index (χ0n) is 22.9. The Labute approximate surface area is 232 Å². The number of benzene rings is 2. The lowest BCUT2D eigenvalue weighted by Crippen LogP contribution is -2.47. The van der Waals surface area contributed by atoms with E-state index in [1.54, 1.807) is 6.07 Å². The molecule has 2 unspecified atom stereocenters. The van der Waals surface area contributed by atoms with E-state index < -0.39 is 5.60 Å². The van der Waals surface area contributed by atoms with E-state index in [0.717, 1.165) is 75.3 Å². The van der Waals surface area contributed by atoms with Gasteiger partial charge < -0.3 is 20.0 Å². The summed E-state index contributed by atoms with van der Waals surface area (Å²) in [7, 11) is 2.11. The first-order chi connectivity index (χ1) is 18.2. The number of nitriles is 1. The van der Waals surface area contributed by atoms with Crippen molar-refractivity contribution in [1.82, 2.24) is 9.80 Å². The summed E-state index contributed by atoms with van der Waals surface area (Å²) in [5.41, 5.74) is 4.00. The topological polar surface area (TPSA) is 74.0 Å². The Morgan fingerprint density at radius 1 is 1.13 bits per heavy atom. The van der Waals surface area contributed by atoms with Gasteiger partial charge >= 0.3 is 0 Å². The lowest BCUT2D eigenvalue weighted by Gasteiger charge is -2.40. The monoisotopic (exact) mass is 536 g/mol. The number of likely N-dealkylation sites (tertiary alicyclic amines) is 1. The van der Waals surface area contributed by atoms with Gasteiger partial charge in [0.2, 0.25) is 0 Å². The van der Waals surface area contributed by atoms with E-state index >= 15 is 0 Å². The number of hydrogen-bond acceptors (Lipinski definition) is 6. The fraction of sp³-hybridized carbons (Fsp3) is 0.516. The van der Waals surface area contributed by atoms with Crippen LogP contribution in [0.3, 0.4) is 0 Å². The van der Waals surface area contributed by atoms with Gasteiger partial charge in [0.25, 0.3) is 0 Å². The minimum atomic E-state index is -0.907. The van der Waals surface area contributed by atoms with Gasteiger partial charge in [-0.3, -0.25) is 4.90 Å². The molecule has 2 N–H and O–H groups in total. The van der Waals surface area contributed by atoms with Crippen molar-refractivity contribution in [2.45, 2.75) is 44.8 Å². The van der Waals surface area contributed by atoms with Crippen LogP contribution in [0.15, 0.2) is 48.5 Å². The minimum absolute atomic E-state index is 0.0954. The van der Waals surface area contributed by atoms with Crippen LogP contribution in [-0.4, -0.2) is 79.0 Å². The Morgan fingerprint density at radius 3 is 2.58 bits per heavy atom. The zero-order valence-corrected chi connectivity index (χ0v) is 23.7. The number of hydrogen-bond donors (Lipinski definition) is 2. The molecule has 0 amide bonds. The smallest absolute Gasteiger partial charge is 0.101 e. The number of aliphatic hydroxyl groups excluding tert-OH is 1. The van der Waals surface area contributed by atoms with Crippen molar-refractivity contribution in [1.29, 1.82) is 5.26 Å². The molecule has 0 aliphatic carbocycles. The standard InChI is InChI=1S/C31H41ClN4O2/c1-31(2,38)25-8-4-7-23(19-25)27(28-10-5-13-34(3)30(28)22-37)9-6-14-35-15-17-36(18-16-35)29-12-11-26(32)20-24(29)21-33/h4,7-9,11-12,19-20,28,30,37-38H,5-6,10,13-18,22H2,1-3H3/b27-9-. The highest BCUT2D eigenvalue weighted by Crippen LogP contribution is 2.36. The first kappa shape index (κ1) is 28.6. The second-order valence-corrected chi connectivity index (χ2v) is 11.6. The average Bonchev–Trinajstić information content (AvgIpc) is 2.91. The molecule has 0 saturated carbocycles. The molecule has 7 heteroatoms. The van der Waals surface area contributed by atoms with Crippen molar-refractivity contribution in [2.24, 2.45) is 5.92 Å². The first-order valence-electron chi connectivity index (χ1n) is 13.7. The second-order valence-electron chi connectivity index (χ2n) is 11.2. The highest BCUT2D eigenvalue weighted by Gasteiger charge is 2.32. The Hall–Kier alpha value is -2.40. The van der Waals surface area contributed by atoms with E-state index in [-0.39, 0.29) is 18.6 Å². The molecule has 2 heterocycles. The number of likely N-dealkylation sites (N-methyl/N-ethyl adjacent to an activating group) is 1. The largest absolute Gasteiger partial charge is 0.395 e. The van der Waals surface area contributed by atoms with Crippen LogP contribution >= 0.6 is 11.6 Å². The Bertz CT molecular complexity index is 1160. The summed E-state index contributed by atoms with van der Waals surface area (Å²) in [4.78, 5) is 7.04. The number of aliphatic hydroxyl groups is 2. The summed E-state index contributed by atoms with van der Waals surface area (Å²) in [5.74, 6) is 0.252. The number of nitrogens with zero attached hydrogens (tertiary/aromatic N) is 4. The highest BCUT2D eigenvalue weighted by atomic mass is 35.5. The van der Waals surface area contributed by atoms with Crippen molar-refractivity contribution in [3.8, 4) is 6.07 Å². The molecule has 0 radical (unpaired) electrons. The molecule has 2 saturated heterocycles. The summed E-state index contributed by atoms with van der Waals surface area (Å²) in [5, 5.41) is 31.0. The van der Waals surface area contributed by atoms with Crippen molar-refractivity contribution in [3.05, 3.63) is 70.3 Å². The van der Waals surface area contributed by atoms with Crippen molar-refractivity contribution in [2.75, 3.05) is 57.8 Å². The van der Waals surface area contributed by atoms with Crippen LogP contribution in [0.4, 0.5) is 5.69 Å². The van der Waals surface area contributed by atoms with E-state index in [1.807, 2.05) is 38.1 Å². The fourth-order valence-corrected chi connectivity index (χ4v) is 6.08. The molecule has 2 aromatic carbocycles. The lowest BCUT2D eigenvalue weighted by atomic mass is 9.79. The van der Waals surface area contributed by atoms with Crippen molar-refractivity contribution >= 4 is 22.9 Å². The van der Waals surface area contributed by atoms with Gasteiger partial charge in [0.1, 0.15) is 6.07 Å². The molecular weight excluding hydrogens is 496 g/mol. The van der Waals surface area contributed by atoms with Crippen LogP contribution in [0, 0.1) is 17.2 Å². The zero-order chi connectivity index (χ0) is 27.3. The average molecular weight is 537 g/mol. The summed E-state index contributed by atoms with van der Waals surface area (Å²) < 4.78 is 0. The molecule has 0 aromatic heterocycles. The minimum Gasteiger partial charge on any atom is -0.395 e. The third kappa shape index (κ3) is 6.77. The number of piperazine rings is 1. The number of halogens is 1. The third-order valence-corrected chi connectivity index (χ3v) is 8.38. The molecule has 0 bridgehead atoms. The maximum Gasteiger partial charge on any atom is 0.101 e. The molecule has 2 fully saturated rings. The maximum atomic E-state index is 10.6. The van der Waals surface area contributed by atoms with E-state index in [2.05, 4.69) is 46.0 Å². The van der Waals surface area contributed by atoms with Gasteiger partial charge in [0.05, 0.1) is 23.5 Å². The molecular formula is C31H41ClN4O2. The predicted molar refractivity (Wildman–Crippen MR) is 155 cm³/mol. The summed E-state index contributed by atoms with van der Waals surface area (Å²) in [6.45, 7) is 9.38. The summed E-state index contributed by atoms with van der Waals surface area (Å²) in [6.07, 6.45) is 5.45. The first-order valence-corrected chi connectivity index (χ1v) is 14.1. The quantitative estimate of drug-likeness (QED) is 0.508. The fourth-order valence-electron chi connectivity index (χ4n) is 5.91. The molecule has 6 nitrogen and oxygen atoms in total. The van der Waals surface area contributed by atoms with Gasteiger partial charge in [-0.15, -0.1) is 0 Å². The van der Waals surface area contributed by atoms with E-state index in [1.165, 1.54) is 5.57 Å². The van der Waals surface area contributed by atoms with Crippen LogP contribution in [0.1, 0.15) is 49.8 Å². The van der Waals surface area contributed by atoms with Gasteiger partial charge in [-0.2, -0.15) is 5.26 Å². The normalized spacial score (nSPS) is 21.9. The Morgan fingerprint density at radius 2 is 1.89 bits per heavy atom. The molecule has 204 valence electrons. The number of rotatable bonds is 8. The summed E-state index contributed by atoms with van der Waals surface area (Å²) >= 11 is 6.09. The number of piperidine rings is 1. The maximum absolute atomic E-state index is 10.6. The molecule has 2 atom stereocenters. The van der Waals surface area contributed by atoms with Crippen LogP contribution in [0.2, 0.25) is 5.02 Å². The van der Waals surface area contributed by atoms with Crippen molar-refractivity contribution in [3.63, 3.8) is 0 Å². The van der Waals surface area contributed by atoms with Gasteiger partial charge in [-0.25, -0.2) is 0 Å².